The first kappa shape index (κ1) is 19.1. The molecule has 0 saturated carbocycles. The van der Waals surface area contributed by atoms with E-state index in [4.69, 9.17) is 16.3 Å². The lowest BCUT2D eigenvalue weighted by molar-refractivity contribution is 0.101. The van der Waals surface area contributed by atoms with Crippen molar-refractivity contribution in [3.8, 4) is 11.4 Å². The Bertz CT molecular complexity index is 1300. The molecule has 4 rings (SSSR count). The van der Waals surface area contributed by atoms with Gasteiger partial charge < -0.3 is 4.74 Å². The summed E-state index contributed by atoms with van der Waals surface area (Å²) in [6.45, 7) is 1.72. The number of carbonyl (C=O) groups excluding carboxylic acids is 1. The van der Waals surface area contributed by atoms with Crippen molar-refractivity contribution in [2.45, 2.75) is 6.92 Å². The van der Waals surface area contributed by atoms with Crippen LogP contribution in [0, 0.1) is 6.92 Å². The fourth-order valence-corrected chi connectivity index (χ4v) is 3.96. The van der Waals surface area contributed by atoms with E-state index in [1.165, 1.54) is 22.1 Å². The maximum Gasteiger partial charge on any atom is 0.281 e. The molecule has 2 aromatic carbocycles. The summed E-state index contributed by atoms with van der Waals surface area (Å²) in [6, 6.07) is 13.9. The number of hydrogen-bond acceptors (Lipinski definition) is 6. The smallest absolute Gasteiger partial charge is 0.281 e. The number of aryl methyl sites for hydroxylation is 1. The Morgan fingerprint density at radius 3 is 2.76 bits per heavy atom. The van der Waals surface area contributed by atoms with Gasteiger partial charge in [-0.05, 0) is 31.2 Å². The Labute approximate surface area is 174 Å². The van der Waals surface area contributed by atoms with E-state index in [2.05, 4.69) is 15.4 Å². The summed E-state index contributed by atoms with van der Waals surface area (Å²) in [7, 11) is 1.56. The zero-order chi connectivity index (χ0) is 20.5. The number of anilines is 1. The van der Waals surface area contributed by atoms with Crippen molar-refractivity contribution in [2.75, 3.05) is 12.4 Å². The normalized spacial score (nSPS) is 10.9. The van der Waals surface area contributed by atoms with Crippen LogP contribution in [0.5, 0.6) is 5.75 Å². The molecule has 2 aromatic heterocycles. The van der Waals surface area contributed by atoms with Crippen LogP contribution in [0.3, 0.4) is 0 Å². The number of benzene rings is 2. The highest BCUT2D eigenvalue weighted by atomic mass is 35.5. The van der Waals surface area contributed by atoms with Crippen molar-refractivity contribution in [3.63, 3.8) is 0 Å². The van der Waals surface area contributed by atoms with Crippen LogP contribution in [-0.2, 0) is 0 Å². The zero-order valence-electron chi connectivity index (χ0n) is 15.5. The monoisotopic (exact) mass is 426 g/mol. The minimum atomic E-state index is -0.645. The molecule has 1 amide bonds. The van der Waals surface area contributed by atoms with Gasteiger partial charge in [0.25, 0.3) is 5.91 Å². The van der Waals surface area contributed by atoms with Gasteiger partial charge in [-0.25, -0.2) is 9.67 Å². The minimum Gasteiger partial charge on any atom is -0.494 e. The van der Waals surface area contributed by atoms with Gasteiger partial charge in [0.2, 0.25) is 5.43 Å². The number of hydrogen-bond donors (Lipinski definition) is 1. The zero-order valence-corrected chi connectivity index (χ0v) is 17.0. The van der Waals surface area contributed by atoms with Crippen LogP contribution in [0.1, 0.15) is 16.2 Å². The SMILES string of the molecule is COc1cccc2sc(NC(=O)c3nn(-c4ccccc4Cl)c(C)cc3=O)nc12. The van der Waals surface area contributed by atoms with E-state index in [-0.39, 0.29) is 5.69 Å². The molecule has 1 N–H and O–H groups in total. The fraction of sp³-hybridized carbons (Fsp3) is 0.100. The molecule has 0 aliphatic heterocycles. The first-order valence-corrected chi connectivity index (χ1v) is 9.78. The number of rotatable bonds is 4. The summed E-state index contributed by atoms with van der Waals surface area (Å²) < 4.78 is 7.62. The molecule has 0 unspecified atom stereocenters. The van der Waals surface area contributed by atoms with E-state index in [1.807, 2.05) is 12.1 Å². The van der Waals surface area contributed by atoms with E-state index >= 15 is 0 Å². The highest BCUT2D eigenvalue weighted by molar-refractivity contribution is 7.22. The van der Waals surface area contributed by atoms with E-state index in [0.29, 0.717) is 32.8 Å². The Hall–Kier alpha value is -3.23. The number of methoxy groups -OCH3 is 1. The maximum atomic E-state index is 12.8. The van der Waals surface area contributed by atoms with Crippen LogP contribution in [0.4, 0.5) is 5.13 Å². The number of halogens is 1. The third-order valence-corrected chi connectivity index (χ3v) is 5.48. The number of ether oxygens (including phenoxy) is 1. The molecule has 0 spiro atoms. The molecular formula is C20H15ClN4O3S. The number of fused-ring (bicyclic) bond motifs is 1. The van der Waals surface area contributed by atoms with Crippen molar-refractivity contribution >= 4 is 44.2 Å². The molecule has 0 aliphatic rings. The second kappa shape index (κ2) is 7.65. The van der Waals surface area contributed by atoms with Gasteiger partial charge in [-0.3, -0.25) is 14.9 Å². The molecule has 0 atom stereocenters. The van der Waals surface area contributed by atoms with Crippen LogP contribution in [0.25, 0.3) is 15.9 Å². The van der Waals surface area contributed by atoms with Crippen molar-refractivity contribution in [2.24, 2.45) is 0 Å². The average molecular weight is 427 g/mol. The Kier molecular flexibility index (Phi) is 5.04. The molecule has 0 radical (unpaired) electrons. The summed E-state index contributed by atoms with van der Waals surface area (Å²) in [5, 5.41) is 7.71. The molecule has 29 heavy (non-hydrogen) atoms. The summed E-state index contributed by atoms with van der Waals surface area (Å²) in [5.74, 6) is -0.0392. The Morgan fingerprint density at radius 2 is 2.00 bits per heavy atom. The Balaban J connectivity index is 1.72. The summed E-state index contributed by atoms with van der Waals surface area (Å²) in [5.41, 5.74) is 1.04. The van der Waals surface area contributed by atoms with Gasteiger partial charge in [0.15, 0.2) is 10.8 Å². The van der Waals surface area contributed by atoms with Gasteiger partial charge >= 0.3 is 0 Å². The third-order valence-electron chi connectivity index (χ3n) is 4.23. The van der Waals surface area contributed by atoms with Crippen LogP contribution >= 0.6 is 22.9 Å². The first-order chi connectivity index (χ1) is 14.0. The molecule has 2 heterocycles. The van der Waals surface area contributed by atoms with E-state index < -0.39 is 11.3 Å². The van der Waals surface area contributed by atoms with Crippen LogP contribution < -0.4 is 15.5 Å². The van der Waals surface area contributed by atoms with E-state index in [1.54, 1.807) is 44.4 Å². The maximum absolute atomic E-state index is 12.8. The first-order valence-electron chi connectivity index (χ1n) is 8.58. The molecule has 9 heteroatoms. The summed E-state index contributed by atoms with van der Waals surface area (Å²) >= 11 is 7.53. The Morgan fingerprint density at radius 1 is 1.21 bits per heavy atom. The predicted molar refractivity (Wildman–Crippen MR) is 114 cm³/mol. The molecule has 4 aromatic rings. The number of nitrogens with zero attached hydrogens (tertiary/aromatic N) is 3. The lowest BCUT2D eigenvalue weighted by Gasteiger charge is -2.12. The van der Waals surface area contributed by atoms with Gasteiger partial charge in [0.05, 0.1) is 22.5 Å². The lowest BCUT2D eigenvalue weighted by Crippen LogP contribution is -2.26. The standard InChI is InChI=1S/C20H15ClN4O3S/c1-11-10-14(26)17(24-25(11)13-7-4-3-6-12(13)21)19(27)23-20-22-18-15(28-2)8-5-9-16(18)29-20/h3-10H,1-2H3,(H,22,23,27). The third kappa shape index (κ3) is 3.59. The van der Waals surface area contributed by atoms with Crippen LogP contribution in [0.2, 0.25) is 5.02 Å². The number of para-hydroxylation sites is 2. The molecule has 146 valence electrons. The van der Waals surface area contributed by atoms with Crippen molar-refractivity contribution in [1.29, 1.82) is 0 Å². The number of aromatic nitrogens is 3. The molecule has 0 aliphatic carbocycles. The van der Waals surface area contributed by atoms with Gasteiger partial charge in [0.1, 0.15) is 11.3 Å². The van der Waals surface area contributed by atoms with E-state index in [0.717, 1.165) is 4.70 Å². The van der Waals surface area contributed by atoms with Gasteiger partial charge in [-0.2, -0.15) is 5.10 Å². The van der Waals surface area contributed by atoms with Crippen molar-refractivity contribution in [1.82, 2.24) is 14.8 Å². The molecule has 0 bridgehead atoms. The number of carbonyl (C=O) groups is 1. The molecule has 0 saturated heterocycles. The average Bonchev–Trinajstić information content (AvgIpc) is 3.11. The van der Waals surface area contributed by atoms with Gasteiger partial charge in [0, 0.05) is 11.8 Å². The predicted octanol–water partition coefficient (Wildman–Crippen LogP) is 4.06. The highest BCUT2D eigenvalue weighted by Crippen LogP contribution is 2.32. The number of thiazole rings is 1. The largest absolute Gasteiger partial charge is 0.494 e. The summed E-state index contributed by atoms with van der Waals surface area (Å²) in [4.78, 5) is 29.6. The van der Waals surface area contributed by atoms with Crippen LogP contribution in [0.15, 0.2) is 53.3 Å². The molecule has 7 nitrogen and oxygen atoms in total. The minimum absolute atomic E-state index is 0.248. The second-order valence-electron chi connectivity index (χ2n) is 6.14. The fourth-order valence-electron chi connectivity index (χ4n) is 2.87. The number of nitrogens with one attached hydrogen (secondary N) is 1. The topological polar surface area (TPSA) is 86.1 Å². The lowest BCUT2D eigenvalue weighted by atomic mass is 10.2. The quantitative estimate of drug-likeness (QED) is 0.531. The number of amides is 1. The molecular weight excluding hydrogens is 412 g/mol. The van der Waals surface area contributed by atoms with Crippen molar-refractivity contribution in [3.05, 3.63) is 75.2 Å². The van der Waals surface area contributed by atoms with Gasteiger partial charge in [-0.1, -0.05) is 41.1 Å². The van der Waals surface area contributed by atoms with Crippen molar-refractivity contribution < 1.29 is 9.53 Å². The second-order valence-corrected chi connectivity index (χ2v) is 7.58. The highest BCUT2D eigenvalue weighted by Gasteiger charge is 2.18. The van der Waals surface area contributed by atoms with E-state index in [9.17, 15) is 9.59 Å². The van der Waals surface area contributed by atoms with Crippen LogP contribution in [-0.4, -0.2) is 27.8 Å². The molecule has 0 fully saturated rings. The van der Waals surface area contributed by atoms with Gasteiger partial charge in [-0.15, -0.1) is 0 Å². The summed E-state index contributed by atoms with van der Waals surface area (Å²) in [6.07, 6.45) is 0.